The second kappa shape index (κ2) is 8.82. The maximum absolute atomic E-state index is 10.8. The van der Waals surface area contributed by atoms with Gasteiger partial charge in [-0.2, -0.15) is 0 Å². The monoisotopic (exact) mass is 372 g/mol. The molecule has 0 radical (unpaired) electrons. The van der Waals surface area contributed by atoms with Crippen molar-refractivity contribution >= 4 is 33.5 Å². The van der Waals surface area contributed by atoms with E-state index in [-0.39, 0.29) is 12.4 Å². The molecule has 4 aromatic rings. The van der Waals surface area contributed by atoms with Crippen LogP contribution in [0.4, 0.5) is 0 Å². The van der Waals surface area contributed by atoms with E-state index in [1.165, 1.54) is 6.92 Å². The minimum atomic E-state index is -0.790. The zero-order valence-electron chi connectivity index (χ0n) is 15.5. The number of hydrogen-bond donors (Lipinski definition) is 1. The van der Waals surface area contributed by atoms with Gasteiger partial charge in [0, 0.05) is 12.3 Å². The summed E-state index contributed by atoms with van der Waals surface area (Å²) in [6.07, 6.45) is 0.0847. The fraction of sp³-hybridized carbons (Fsp3) is 0.0833. The molecule has 0 heterocycles. The first-order chi connectivity index (χ1) is 13.5. The van der Waals surface area contributed by atoms with E-state index in [1.807, 2.05) is 78.9 Å². The Hall–Kier alpha value is -3.66. The number of carboxylic acids is 1. The van der Waals surface area contributed by atoms with E-state index in [1.54, 1.807) is 6.07 Å². The van der Waals surface area contributed by atoms with Crippen molar-refractivity contribution in [2.24, 2.45) is 0 Å². The molecule has 0 bridgehead atoms. The Morgan fingerprint density at radius 2 is 1.29 bits per heavy atom. The molecule has 0 aliphatic heterocycles. The van der Waals surface area contributed by atoms with E-state index in [9.17, 15) is 9.59 Å². The number of carbonyl (C=O) groups excluding carboxylic acids is 1. The Morgan fingerprint density at radius 1 is 0.750 bits per heavy atom. The summed E-state index contributed by atoms with van der Waals surface area (Å²) >= 11 is 0. The topological polar surface area (TPSA) is 63.6 Å². The van der Waals surface area contributed by atoms with Crippen molar-refractivity contribution < 1.29 is 19.4 Å². The Kier molecular flexibility index (Phi) is 6.02. The lowest BCUT2D eigenvalue weighted by molar-refractivity contribution is -0.136. The molecule has 0 spiro atoms. The number of ether oxygens (including phenoxy) is 1. The third-order valence-electron chi connectivity index (χ3n) is 4.22. The summed E-state index contributed by atoms with van der Waals surface area (Å²) in [5, 5.41) is 12.9. The maximum atomic E-state index is 10.8. The van der Waals surface area contributed by atoms with Gasteiger partial charge in [0.15, 0.2) is 0 Å². The van der Waals surface area contributed by atoms with Crippen LogP contribution < -0.4 is 4.74 Å². The molecule has 0 saturated heterocycles. The van der Waals surface area contributed by atoms with E-state index in [0.717, 1.165) is 27.1 Å². The summed E-state index contributed by atoms with van der Waals surface area (Å²) in [4.78, 5) is 21.4. The molecule has 0 aromatic heterocycles. The Bertz CT molecular complexity index is 1030. The molecule has 0 amide bonds. The van der Waals surface area contributed by atoms with Crippen molar-refractivity contribution in [1.29, 1.82) is 0 Å². The molecule has 4 aromatic carbocycles. The Morgan fingerprint density at radius 3 is 1.93 bits per heavy atom. The van der Waals surface area contributed by atoms with Gasteiger partial charge in [-0.1, -0.05) is 78.9 Å². The van der Waals surface area contributed by atoms with Crippen molar-refractivity contribution in [1.82, 2.24) is 0 Å². The van der Waals surface area contributed by atoms with Gasteiger partial charge in [-0.3, -0.25) is 9.59 Å². The highest BCUT2D eigenvalue weighted by atomic mass is 16.5. The zero-order chi connectivity index (χ0) is 19.9. The van der Waals surface area contributed by atoms with Gasteiger partial charge in [-0.25, -0.2) is 0 Å². The number of rotatable bonds is 3. The molecule has 140 valence electrons. The first-order valence-electron chi connectivity index (χ1n) is 8.89. The summed E-state index contributed by atoms with van der Waals surface area (Å²) < 4.78 is 5.09. The van der Waals surface area contributed by atoms with E-state index >= 15 is 0 Å². The molecule has 0 unspecified atom stereocenters. The molecule has 0 aliphatic carbocycles. The SMILES string of the molecule is CC(=O)Oc1cccc2ccccc12.O=C(O)Cc1cccc2ccccc12. The van der Waals surface area contributed by atoms with Crippen molar-refractivity contribution in [3.63, 3.8) is 0 Å². The van der Waals surface area contributed by atoms with E-state index in [4.69, 9.17) is 9.84 Å². The van der Waals surface area contributed by atoms with Gasteiger partial charge >= 0.3 is 11.9 Å². The van der Waals surface area contributed by atoms with E-state index in [0.29, 0.717) is 5.75 Å². The average molecular weight is 372 g/mol. The van der Waals surface area contributed by atoms with Crippen molar-refractivity contribution in [2.45, 2.75) is 13.3 Å². The minimum absolute atomic E-state index is 0.0847. The highest BCUT2D eigenvalue weighted by Gasteiger charge is 2.04. The van der Waals surface area contributed by atoms with Crippen LogP contribution in [0.25, 0.3) is 21.5 Å². The van der Waals surface area contributed by atoms with Crippen LogP contribution in [-0.4, -0.2) is 17.0 Å². The van der Waals surface area contributed by atoms with Gasteiger partial charge in [-0.15, -0.1) is 0 Å². The first kappa shape index (κ1) is 19.1. The van der Waals surface area contributed by atoms with Crippen LogP contribution in [0.15, 0.2) is 84.9 Å². The van der Waals surface area contributed by atoms with Crippen LogP contribution in [0.5, 0.6) is 5.75 Å². The number of carbonyl (C=O) groups is 2. The number of esters is 1. The molecule has 0 atom stereocenters. The second-order valence-corrected chi connectivity index (χ2v) is 6.28. The average Bonchev–Trinajstić information content (AvgIpc) is 2.68. The molecule has 28 heavy (non-hydrogen) atoms. The highest BCUT2D eigenvalue weighted by Crippen LogP contribution is 2.25. The van der Waals surface area contributed by atoms with Crippen LogP contribution in [0.1, 0.15) is 12.5 Å². The molecule has 4 nitrogen and oxygen atoms in total. The lowest BCUT2D eigenvalue weighted by Gasteiger charge is -2.04. The van der Waals surface area contributed by atoms with Crippen LogP contribution in [-0.2, 0) is 16.0 Å². The third kappa shape index (κ3) is 4.74. The third-order valence-corrected chi connectivity index (χ3v) is 4.22. The quantitative estimate of drug-likeness (QED) is 0.395. The van der Waals surface area contributed by atoms with Crippen molar-refractivity contribution in [3.8, 4) is 5.75 Å². The Balaban J connectivity index is 0.000000161. The predicted octanol–water partition coefficient (Wildman–Crippen LogP) is 5.23. The summed E-state index contributed by atoms with van der Waals surface area (Å²) in [5.74, 6) is -0.460. The van der Waals surface area contributed by atoms with Crippen LogP contribution in [0, 0.1) is 0 Å². The molecular formula is C24H20O4. The number of carboxylic acid groups (broad SMARTS) is 1. The molecular weight excluding hydrogens is 352 g/mol. The van der Waals surface area contributed by atoms with E-state index < -0.39 is 5.97 Å². The number of aliphatic carboxylic acids is 1. The van der Waals surface area contributed by atoms with Crippen molar-refractivity contribution in [2.75, 3.05) is 0 Å². The van der Waals surface area contributed by atoms with Crippen molar-refractivity contribution in [3.05, 3.63) is 90.5 Å². The fourth-order valence-corrected chi connectivity index (χ4v) is 3.05. The first-order valence-corrected chi connectivity index (χ1v) is 8.89. The number of benzene rings is 4. The lowest BCUT2D eigenvalue weighted by Crippen LogP contribution is -2.01. The normalized spacial score (nSPS) is 10.2. The highest BCUT2D eigenvalue weighted by molar-refractivity contribution is 5.90. The minimum Gasteiger partial charge on any atom is -0.481 e. The number of hydrogen-bond acceptors (Lipinski definition) is 3. The van der Waals surface area contributed by atoms with Crippen LogP contribution in [0.2, 0.25) is 0 Å². The van der Waals surface area contributed by atoms with Gasteiger partial charge in [0.1, 0.15) is 5.75 Å². The second-order valence-electron chi connectivity index (χ2n) is 6.28. The predicted molar refractivity (Wildman–Crippen MR) is 111 cm³/mol. The van der Waals surface area contributed by atoms with Crippen LogP contribution in [0.3, 0.4) is 0 Å². The molecule has 4 rings (SSSR count). The summed E-state index contributed by atoms with van der Waals surface area (Å²) in [5.41, 5.74) is 0.871. The molecule has 0 aliphatic rings. The zero-order valence-corrected chi connectivity index (χ0v) is 15.5. The van der Waals surface area contributed by atoms with Gasteiger partial charge < -0.3 is 9.84 Å². The molecule has 1 N–H and O–H groups in total. The summed E-state index contributed by atoms with van der Waals surface area (Å²) in [6.45, 7) is 1.40. The standard InChI is InChI=1S/2C12H10O2/c1-9(13)14-12-8-4-6-10-5-2-3-7-11(10)12;13-12(14)8-10-6-3-5-9-4-1-2-7-11(9)10/h2-8H,1H3;1-7H,8H2,(H,13,14). The Labute approximate surface area is 163 Å². The van der Waals surface area contributed by atoms with E-state index in [2.05, 4.69) is 0 Å². The largest absolute Gasteiger partial charge is 0.481 e. The van der Waals surface area contributed by atoms with Gasteiger partial charge in [-0.05, 0) is 27.8 Å². The summed E-state index contributed by atoms with van der Waals surface area (Å²) in [7, 11) is 0. The lowest BCUT2D eigenvalue weighted by atomic mass is 10.0. The summed E-state index contributed by atoms with van der Waals surface area (Å²) in [6, 6.07) is 27.0. The maximum Gasteiger partial charge on any atom is 0.308 e. The molecule has 0 saturated carbocycles. The van der Waals surface area contributed by atoms with Gasteiger partial charge in [0.2, 0.25) is 0 Å². The molecule has 4 heteroatoms. The number of fused-ring (bicyclic) bond motifs is 2. The van der Waals surface area contributed by atoms with Gasteiger partial charge in [0.25, 0.3) is 0 Å². The molecule has 0 fully saturated rings. The van der Waals surface area contributed by atoms with Crippen LogP contribution >= 0.6 is 0 Å². The van der Waals surface area contributed by atoms with Gasteiger partial charge in [0.05, 0.1) is 6.42 Å². The fourth-order valence-electron chi connectivity index (χ4n) is 3.05. The smallest absolute Gasteiger partial charge is 0.308 e.